The molecule has 0 fully saturated rings. The van der Waals surface area contributed by atoms with E-state index in [1.807, 2.05) is 30.3 Å². The number of benzene rings is 2. The van der Waals surface area contributed by atoms with Gasteiger partial charge >= 0.3 is 0 Å². The number of carbonyl (C=O) groups excluding carboxylic acids is 1. The van der Waals surface area contributed by atoms with Crippen LogP contribution >= 0.6 is 0 Å². The van der Waals surface area contributed by atoms with E-state index in [1.54, 1.807) is 26.0 Å². The summed E-state index contributed by atoms with van der Waals surface area (Å²) in [7, 11) is -2.53. The fourth-order valence-corrected chi connectivity index (χ4v) is 4.03. The zero-order valence-electron chi connectivity index (χ0n) is 15.2. The van der Waals surface area contributed by atoms with Crippen LogP contribution in [0.2, 0.25) is 0 Å². The minimum atomic E-state index is -3.94. The lowest BCUT2D eigenvalue weighted by Crippen LogP contribution is -2.47. The van der Waals surface area contributed by atoms with Crippen molar-refractivity contribution in [1.82, 2.24) is 10.0 Å². The Balaban J connectivity index is 2.34. The lowest BCUT2D eigenvalue weighted by atomic mass is 10.1. The van der Waals surface area contributed by atoms with Crippen LogP contribution in [0.4, 0.5) is 0 Å². The van der Waals surface area contributed by atoms with Crippen LogP contribution in [0.3, 0.4) is 0 Å². The van der Waals surface area contributed by atoms with E-state index in [0.717, 1.165) is 11.1 Å². The zero-order chi connectivity index (χ0) is 19.2. The van der Waals surface area contributed by atoms with Crippen molar-refractivity contribution in [3.8, 4) is 5.75 Å². The van der Waals surface area contributed by atoms with Gasteiger partial charge in [-0.15, -0.1) is 0 Å². The quantitative estimate of drug-likeness (QED) is 0.738. The second kappa shape index (κ2) is 8.82. The van der Waals surface area contributed by atoms with Gasteiger partial charge < -0.3 is 10.1 Å². The van der Waals surface area contributed by atoms with Crippen LogP contribution in [0, 0.1) is 6.92 Å². The van der Waals surface area contributed by atoms with E-state index in [1.165, 1.54) is 13.2 Å². The van der Waals surface area contributed by atoms with Crippen molar-refractivity contribution in [1.29, 1.82) is 0 Å². The van der Waals surface area contributed by atoms with Crippen molar-refractivity contribution in [2.45, 2.75) is 31.2 Å². The molecule has 0 aliphatic heterocycles. The third-order valence-electron chi connectivity index (χ3n) is 3.86. The number of ether oxygens (including phenoxy) is 1. The van der Waals surface area contributed by atoms with Crippen molar-refractivity contribution in [3.05, 3.63) is 59.7 Å². The van der Waals surface area contributed by atoms with E-state index in [4.69, 9.17) is 4.74 Å². The molecule has 1 amide bonds. The minimum Gasteiger partial charge on any atom is -0.495 e. The number of carbonyl (C=O) groups is 1. The molecule has 0 spiro atoms. The van der Waals surface area contributed by atoms with Crippen LogP contribution in [0.1, 0.15) is 18.1 Å². The summed E-state index contributed by atoms with van der Waals surface area (Å²) in [5.74, 6) is -0.135. The third-order valence-corrected chi connectivity index (χ3v) is 5.35. The second-order valence-electron chi connectivity index (χ2n) is 5.91. The molecule has 0 unspecified atom stereocenters. The molecule has 0 aliphatic carbocycles. The maximum Gasteiger partial charge on any atom is 0.244 e. The van der Waals surface area contributed by atoms with Crippen LogP contribution in [0.15, 0.2) is 53.4 Å². The molecule has 0 radical (unpaired) electrons. The fourth-order valence-electron chi connectivity index (χ4n) is 2.58. The second-order valence-corrected chi connectivity index (χ2v) is 7.59. The number of hydrogen-bond acceptors (Lipinski definition) is 4. The van der Waals surface area contributed by atoms with Crippen molar-refractivity contribution in [2.75, 3.05) is 13.7 Å². The molecule has 26 heavy (non-hydrogen) atoms. The molecular formula is C19H24N2O4S. The van der Waals surface area contributed by atoms with Gasteiger partial charge in [0.05, 0.1) is 7.11 Å². The van der Waals surface area contributed by atoms with E-state index in [2.05, 4.69) is 10.0 Å². The molecule has 140 valence electrons. The van der Waals surface area contributed by atoms with E-state index >= 15 is 0 Å². The molecule has 7 heteroatoms. The number of rotatable bonds is 8. The van der Waals surface area contributed by atoms with Crippen LogP contribution in [0.25, 0.3) is 0 Å². The molecular weight excluding hydrogens is 352 g/mol. The number of aryl methyl sites for hydroxylation is 1. The largest absolute Gasteiger partial charge is 0.495 e. The highest BCUT2D eigenvalue weighted by Crippen LogP contribution is 2.25. The molecule has 1 atom stereocenters. The summed E-state index contributed by atoms with van der Waals surface area (Å²) in [5.41, 5.74) is 1.64. The summed E-state index contributed by atoms with van der Waals surface area (Å²) < 4.78 is 33.5. The first-order chi connectivity index (χ1) is 12.4. The molecule has 0 aromatic heterocycles. The predicted molar refractivity (Wildman–Crippen MR) is 101 cm³/mol. The molecule has 6 nitrogen and oxygen atoms in total. The summed E-state index contributed by atoms with van der Waals surface area (Å²) in [6, 6.07) is 13.2. The van der Waals surface area contributed by atoms with Crippen molar-refractivity contribution in [2.24, 2.45) is 0 Å². The normalized spacial score (nSPS) is 12.4. The molecule has 0 saturated heterocycles. The standard InChI is InChI=1S/C19H24N2O4S/c1-4-20-19(22)16(13-15-8-6-5-7-9-15)21-26(23,24)18-12-14(2)10-11-17(18)25-3/h5-12,16,21H,4,13H2,1-3H3,(H,20,22)/t16-/m1/s1. The molecule has 2 aromatic carbocycles. The number of sulfonamides is 1. The van der Waals surface area contributed by atoms with Crippen LogP contribution < -0.4 is 14.8 Å². The summed E-state index contributed by atoms with van der Waals surface area (Å²) in [4.78, 5) is 12.4. The first-order valence-corrected chi connectivity index (χ1v) is 9.84. The van der Waals surface area contributed by atoms with Gasteiger partial charge in [-0.05, 0) is 43.5 Å². The Kier molecular flexibility index (Phi) is 6.76. The van der Waals surface area contributed by atoms with Gasteiger partial charge in [-0.1, -0.05) is 36.4 Å². The Hall–Kier alpha value is -2.38. The summed E-state index contributed by atoms with van der Waals surface area (Å²) in [5, 5.41) is 2.68. The summed E-state index contributed by atoms with van der Waals surface area (Å²) in [6.45, 7) is 4.00. The number of methoxy groups -OCH3 is 1. The van der Waals surface area contributed by atoms with Gasteiger partial charge in [0.25, 0.3) is 0 Å². The van der Waals surface area contributed by atoms with Crippen molar-refractivity contribution < 1.29 is 17.9 Å². The lowest BCUT2D eigenvalue weighted by Gasteiger charge is -2.19. The van der Waals surface area contributed by atoms with Crippen molar-refractivity contribution in [3.63, 3.8) is 0 Å². The first-order valence-electron chi connectivity index (χ1n) is 8.36. The average Bonchev–Trinajstić information content (AvgIpc) is 2.62. The van der Waals surface area contributed by atoms with Gasteiger partial charge in [-0.3, -0.25) is 4.79 Å². The van der Waals surface area contributed by atoms with Crippen molar-refractivity contribution >= 4 is 15.9 Å². The van der Waals surface area contributed by atoms with Crippen LogP contribution in [-0.2, 0) is 21.2 Å². The highest BCUT2D eigenvalue weighted by Gasteiger charge is 2.28. The molecule has 0 saturated carbocycles. The topological polar surface area (TPSA) is 84.5 Å². The van der Waals surface area contributed by atoms with Gasteiger partial charge in [0.15, 0.2) is 0 Å². The SMILES string of the molecule is CCNC(=O)[C@@H](Cc1ccccc1)NS(=O)(=O)c1cc(C)ccc1OC. The smallest absolute Gasteiger partial charge is 0.244 e. The number of nitrogens with one attached hydrogen (secondary N) is 2. The molecule has 0 bridgehead atoms. The Bertz CT molecular complexity index is 851. The molecule has 0 heterocycles. The Labute approximate surface area is 154 Å². The first kappa shape index (κ1) is 19.9. The van der Waals surface area contributed by atoms with Gasteiger partial charge in [0.1, 0.15) is 16.7 Å². The molecule has 2 rings (SSSR count). The highest BCUT2D eigenvalue weighted by molar-refractivity contribution is 7.89. The van der Waals surface area contributed by atoms with Crippen LogP contribution in [0.5, 0.6) is 5.75 Å². The average molecular weight is 376 g/mol. The molecule has 0 aliphatic rings. The Morgan fingerprint density at radius 1 is 1.15 bits per heavy atom. The number of hydrogen-bond donors (Lipinski definition) is 2. The lowest BCUT2D eigenvalue weighted by molar-refractivity contribution is -0.122. The van der Waals surface area contributed by atoms with E-state index in [9.17, 15) is 13.2 Å². The monoisotopic (exact) mass is 376 g/mol. The van der Waals surface area contributed by atoms with Gasteiger partial charge in [-0.2, -0.15) is 4.72 Å². The third kappa shape index (κ3) is 5.06. The van der Waals surface area contributed by atoms with Crippen LogP contribution in [-0.4, -0.2) is 34.0 Å². The zero-order valence-corrected chi connectivity index (χ0v) is 16.0. The predicted octanol–water partition coefficient (Wildman–Crippen LogP) is 2.03. The summed E-state index contributed by atoms with van der Waals surface area (Å²) in [6.07, 6.45) is 0.250. The molecule has 2 N–H and O–H groups in total. The maximum absolute atomic E-state index is 12.9. The van der Waals surface area contributed by atoms with Gasteiger partial charge in [0, 0.05) is 6.54 Å². The highest BCUT2D eigenvalue weighted by atomic mass is 32.2. The number of likely N-dealkylation sites (N-methyl/N-ethyl adjacent to an activating group) is 1. The Morgan fingerprint density at radius 3 is 2.46 bits per heavy atom. The fraction of sp³-hybridized carbons (Fsp3) is 0.316. The van der Waals surface area contributed by atoms with E-state index < -0.39 is 16.1 Å². The molecule has 2 aromatic rings. The van der Waals surface area contributed by atoms with Gasteiger partial charge in [-0.25, -0.2) is 8.42 Å². The van der Waals surface area contributed by atoms with E-state index in [-0.39, 0.29) is 23.0 Å². The van der Waals surface area contributed by atoms with E-state index in [0.29, 0.717) is 6.54 Å². The summed E-state index contributed by atoms with van der Waals surface area (Å²) >= 11 is 0. The Morgan fingerprint density at radius 2 is 1.85 bits per heavy atom. The van der Waals surface area contributed by atoms with Gasteiger partial charge in [0.2, 0.25) is 15.9 Å². The minimum absolute atomic E-state index is 0.0161. The number of amides is 1. The maximum atomic E-state index is 12.9.